The van der Waals surface area contributed by atoms with E-state index in [1.807, 2.05) is 30.3 Å². The molecule has 0 saturated carbocycles. The van der Waals surface area contributed by atoms with Crippen molar-refractivity contribution in [1.29, 1.82) is 0 Å². The molecule has 0 amide bonds. The molecule has 0 radical (unpaired) electrons. The van der Waals surface area contributed by atoms with Crippen molar-refractivity contribution in [3.05, 3.63) is 76.8 Å². The Morgan fingerprint density at radius 3 is 2.30 bits per heavy atom. The fourth-order valence-corrected chi connectivity index (χ4v) is 3.84. The minimum Gasteiger partial charge on any atom is -0.481 e. The average Bonchev–Trinajstić information content (AvgIpc) is 3.16. The zero-order valence-corrected chi connectivity index (χ0v) is 16.5. The summed E-state index contributed by atoms with van der Waals surface area (Å²) in [7, 11) is 0. The maximum atomic E-state index is 12.7. The molecule has 0 bridgehead atoms. The van der Waals surface area contributed by atoms with Crippen molar-refractivity contribution in [1.82, 2.24) is 4.98 Å². The zero-order chi connectivity index (χ0) is 21.7. The molecule has 1 atom stereocenters. The van der Waals surface area contributed by atoms with Gasteiger partial charge >= 0.3 is 12.1 Å². The fraction of sp³-hybridized carbons (Fsp3) is 0.227. The smallest absolute Gasteiger partial charge is 0.416 e. The quantitative estimate of drug-likeness (QED) is 0.525. The van der Waals surface area contributed by atoms with E-state index in [0.29, 0.717) is 16.3 Å². The van der Waals surface area contributed by atoms with Gasteiger partial charge in [0.15, 0.2) is 0 Å². The number of thiazole rings is 1. The van der Waals surface area contributed by atoms with Crippen LogP contribution in [0.3, 0.4) is 0 Å². The summed E-state index contributed by atoms with van der Waals surface area (Å²) in [6.07, 6.45) is -4.28. The largest absolute Gasteiger partial charge is 0.481 e. The molecule has 3 rings (SSSR count). The van der Waals surface area contributed by atoms with Crippen LogP contribution >= 0.6 is 11.3 Å². The Bertz CT molecular complexity index is 1010. The van der Waals surface area contributed by atoms with Crippen molar-refractivity contribution >= 4 is 23.1 Å². The number of benzene rings is 2. The molecular weight excluding hydrogens is 415 g/mol. The van der Waals surface area contributed by atoms with Crippen LogP contribution < -0.4 is 0 Å². The number of carboxylic acid groups (broad SMARTS) is 1. The van der Waals surface area contributed by atoms with Gasteiger partial charge in [0.25, 0.3) is 0 Å². The summed E-state index contributed by atoms with van der Waals surface area (Å²) in [4.78, 5) is 28.2. The molecule has 8 heteroatoms. The molecule has 30 heavy (non-hydrogen) atoms. The van der Waals surface area contributed by atoms with Crippen LogP contribution in [0.2, 0.25) is 0 Å². The van der Waals surface area contributed by atoms with Gasteiger partial charge in [-0.25, -0.2) is 4.98 Å². The number of carbonyl (C=O) groups is 2. The molecule has 2 aromatic carbocycles. The van der Waals surface area contributed by atoms with Crippen LogP contribution in [0.25, 0.3) is 10.6 Å². The van der Waals surface area contributed by atoms with Gasteiger partial charge in [-0.05, 0) is 24.1 Å². The number of hydrogen-bond donors (Lipinski definition) is 1. The highest BCUT2D eigenvalue weighted by atomic mass is 32.1. The average molecular weight is 433 g/mol. The Morgan fingerprint density at radius 1 is 1.03 bits per heavy atom. The minimum atomic E-state index is -4.40. The molecular formula is C22H18F3NO3S. The number of aliphatic carboxylic acids is 1. The molecule has 156 valence electrons. The Kier molecular flexibility index (Phi) is 6.66. The predicted molar refractivity (Wildman–Crippen MR) is 107 cm³/mol. The molecule has 0 spiro atoms. The van der Waals surface area contributed by atoms with E-state index in [4.69, 9.17) is 0 Å². The first-order valence-corrected chi connectivity index (χ1v) is 10.0. The fourth-order valence-electron chi connectivity index (χ4n) is 3.02. The number of alkyl halides is 3. The van der Waals surface area contributed by atoms with Crippen LogP contribution in [0, 0.1) is 5.92 Å². The maximum Gasteiger partial charge on any atom is 0.416 e. The Balaban J connectivity index is 1.63. The van der Waals surface area contributed by atoms with Crippen LogP contribution in [0.15, 0.2) is 60.0 Å². The monoisotopic (exact) mass is 433 g/mol. The van der Waals surface area contributed by atoms with Gasteiger partial charge in [0.05, 0.1) is 17.2 Å². The van der Waals surface area contributed by atoms with Gasteiger partial charge < -0.3 is 5.11 Å². The summed E-state index contributed by atoms with van der Waals surface area (Å²) in [5.41, 5.74) is 1.11. The molecule has 0 aliphatic carbocycles. The molecule has 0 fully saturated rings. The number of carboxylic acids is 1. The van der Waals surface area contributed by atoms with E-state index in [1.54, 1.807) is 5.38 Å². The molecule has 1 aromatic heterocycles. The third-order valence-corrected chi connectivity index (χ3v) is 5.48. The van der Waals surface area contributed by atoms with Gasteiger partial charge in [-0.3, -0.25) is 9.59 Å². The van der Waals surface area contributed by atoms with E-state index in [0.717, 1.165) is 17.7 Å². The second-order valence-corrected chi connectivity index (χ2v) is 7.72. The number of Topliss-reactive ketones (excluding diaryl/α,β-unsaturated/α-hetero) is 1. The predicted octanol–water partition coefficient (Wildman–Crippen LogP) is 5.27. The number of rotatable bonds is 8. The van der Waals surface area contributed by atoms with Gasteiger partial charge in [-0.1, -0.05) is 42.5 Å². The van der Waals surface area contributed by atoms with Crippen molar-refractivity contribution in [2.24, 2.45) is 5.92 Å². The van der Waals surface area contributed by atoms with E-state index in [2.05, 4.69) is 4.98 Å². The van der Waals surface area contributed by atoms with Crippen LogP contribution in [-0.4, -0.2) is 21.8 Å². The van der Waals surface area contributed by atoms with Crippen molar-refractivity contribution in [2.45, 2.75) is 25.4 Å². The lowest BCUT2D eigenvalue weighted by atomic mass is 9.93. The number of nitrogens with zero attached hydrogens (tertiary/aromatic N) is 1. The topological polar surface area (TPSA) is 67.3 Å². The minimum absolute atomic E-state index is 0.0182. The first kappa shape index (κ1) is 21.7. The number of carbonyl (C=O) groups excluding carboxylic acids is 1. The van der Waals surface area contributed by atoms with Crippen LogP contribution in [0.5, 0.6) is 0 Å². The summed E-state index contributed by atoms with van der Waals surface area (Å²) >= 11 is 1.22. The highest BCUT2D eigenvalue weighted by Crippen LogP contribution is 2.32. The maximum absolute atomic E-state index is 12.7. The van der Waals surface area contributed by atoms with Gasteiger partial charge in [-0.2, -0.15) is 13.2 Å². The van der Waals surface area contributed by atoms with Gasteiger partial charge in [-0.15, -0.1) is 11.3 Å². The Labute approximate surface area is 175 Å². The number of halogens is 3. The van der Waals surface area contributed by atoms with Gasteiger partial charge in [0.2, 0.25) is 0 Å². The van der Waals surface area contributed by atoms with E-state index in [9.17, 15) is 27.9 Å². The SMILES string of the molecule is O=C(Cc1csc(-c2ccc(C(F)(F)F)cc2)n1)C[C@H](Cc1ccccc1)C(=O)O. The van der Waals surface area contributed by atoms with Crippen molar-refractivity contribution in [3.63, 3.8) is 0 Å². The lowest BCUT2D eigenvalue weighted by Gasteiger charge is -2.11. The summed E-state index contributed by atoms with van der Waals surface area (Å²) in [5.74, 6) is -2.11. The summed E-state index contributed by atoms with van der Waals surface area (Å²) in [6, 6.07) is 13.8. The first-order valence-electron chi connectivity index (χ1n) is 9.13. The van der Waals surface area contributed by atoms with E-state index in [-0.39, 0.29) is 25.0 Å². The van der Waals surface area contributed by atoms with Gasteiger partial charge in [0.1, 0.15) is 10.8 Å². The lowest BCUT2D eigenvalue weighted by molar-refractivity contribution is -0.143. The van der Waals surface area contributed by atoms with Crippen LogP contribution in [0.4, 0.5) is 13.2 Å². The third kappa shape index (κ3) is 5.76. The van der Waals surface area contributed by atoms with Crippen molar-refractivity contribution < 1.29 is 27.9 Å². The van der Waals surface area contributed by atoms with Crippen molar-refractivity contribution in [2.75, 3.05) is 0 Å². The number of ketones is 1. The second-order valence-electron chi connectivity index (χ2n) is 6.86. The van der Waals surface area contributed by atoms with E-state index < -0.39 is 23.6 Å². The molecule has 0 unspecified atom stereocenters. The highest BCUT2D eigenvalue weighted by molar-refractivity contribution is 7.13. The standard InChI is InChI=1S/C22H18F3NO3S/c23-22(24,25)17-8-6-15(7-9-17)20-26-18(13-30-20)12-19(27)11-16(21(28)29)10-14-4-2-1-3-5-14/h1-9,13,16H,10-12H2,(H,28,29)/t16-/m0/s1. The highest BCUT2D eigenvalue weighted by Gasteiger charge is 2.30. The van der Waals surface area contributed by atoms with Gasteiger partial charge in [0, 0.05) is 23.8 Å². The van der Waals surface area contributed by atoms with Crippen LogP contribution in [-0.2, 0) is 28.6 Å². The molecule has 4 nitrogen and oxygen atoms in total. The van der Waals surface area contributed by atoms with Crippen molar-refractivity contribution in [3.8, 4) is 10.6 Å². The molecule has 1 heterocycles. The molecule has 1 N–H and O–H groups in total. The lowest BCUT2D eigenvalue weighted by Crippen LogP contribution is -2.21. The normalized spacial score (nSPS) is 12.5. The van der Waals surface area contributed by atoms with E-state index in [1.165, 1.54) is 23.5 Å². The zero-order valence-electron chi connectivity index (χ0n) is 15.7. The number of aromatic nitrogens is 1. The van der Waals surface area contributed by atoms with Crippen LogP contribution in [0.1, 0.15) is 23.2 Å². The number of hydrogen-bond acceptors (Lipinski definition) is 4. The van der Waals surface area contributed by atoms with E-state index >= 15 is 0 Å². The summed E-state index contributed by atoms with van der Waals surface area (Å²) in [5, 5.41) is 11.6. The third-order valence-electron chi connectivity index (χ3n) is 4.54. The molecule has 0 saturated heterocycles. The first-order chi connectivity index (χ1) is 14.2. The molecule has 0 aliphatic heterocycles. The summed E-state index contributed by atoms with van der Waals surface area (Å²) in [6.45, 7) is 0. The Hall–Kier alpha value is -3.00. The molecule has 3 aromatic rings. The molecule has 0 aliphatic rings. The second kappa shape index (κ2) is 9.21. The summed E-state index contributed by atoms with van der Waals surface area (Å²) < 4.78 is 38.0. The Morgan fingerprint density at radius 2 is 1.70 bits per heavy atom.